The van der Waals surface area contributed by atoms with Crippen molar-refractivity contribution in [1.29, 1.82) is 0 Å². The largest absolute Gasteiger partial charge is 0.484 e. The molecule has 0 unspecified atom stereocenters. The van der Waals surface area contributed by atoms with Gasteiger partial charge < -0.3 is 15.4 Å². The summed E-state index contributed by atoms with van der Waals surface area (Å²) in [5, 5.41) is 7.81. The Morgan fingerprint density at radius 2 is 1.69 bits per heavy atom. The smallest absolute Gasteiger partial charge is 0.258 e. The third-order valence-electron chi connectivity index (χ3n) is 5.50. The first-order valence-corrected chi connectivity index (χ1v) is 10.3. The number of carbonyl (C=O) groups is 1. The van der Waals surface area contributed by atoms with Crippen LogP contribution in [0, 0.1) is 6.92 Å². The van der Waals surface area contributed by atoms with Gasteiger partial charge in [0.25, 0.3) is 5.91 Å². The number of amides is 1. The number of fused-ring (bicyclic) bond motifs is 1. The lowest BCUT2D eigenvalue weighted by molar-refractivity contribution is -0.124. The summed E-state index contributed by atoms with van der Waals surface area (Å²) in [5.41, 5.74) is 2.04. The summed E-state index contributed by atoms with van der Waals surface area (Å²) in [4.78, 5) is 16.9. The van der Waals surface area contributed by atoms with Crippen molar-refractivity contribution >= 4 is 22.6 Å². The summed E-state index contributed by atoms with van der Waals surface area (Å²) in [6.45, 7) is 2.04. The second-order valence-corrected chi connectivity index (χ2v) is 7.70. The fourth-order valence-corrected chi connectivity index (χ4v) is 3.87. The Labute approximate surface area is 171 Å². The molecule has 2 N–H and O–H groups in total. The van der Waals surface area contributed by atoms with Gasteiger partial charge in [0.2, 0.25) is 0 Å². The number of nitrogens with zero attached hydrogens (tertiary/aromatic N) is 1. The van der Waals surface area contributed by atoms with Crippen molar-refractivity contribution in [2.24, 2.45) is 0 Å². The van der Waals surface area contributed by atoms with E-state index in [1.807, 2.05) is 55.5 Å². The van der Waals surface area contributed by atoms with Crippen LogP contribution in [0.4, 0.5) is 5.82 Å². The van der Waals surface area contributed by atoms with Crippen molar-refractivity contribution < 1.29 is 9.53 Å². The summed E-state index contributed by atoms with van der Waals surface area (Å²) in [5.74, 6) is 1.63. The van der Waals surface area contributed by atoms with Gasteiger partial charge in [-0.25, -0.2) is 4.98 Å². The Morgan fingerprint density at radius 1 is 0.966 bits per heavy atom. The summed E-state index contributed by atoms with van der Waals surface area (Å²) in [6, 6.07) is 20.6. The second kappa shape index (κ2) is 8.95. The SMILES string of the molecule is Cc1ccccc1OCC(=O)N[C@H]1CC[C@@H](Nc2ccc3ccccc3n2)CC1. The minimum Gasteiger partial charge on any atom is -0.484 e. The van der Waals surface area contributed by atoms with Gasteiger partial charge in [-0.3, -0.25) is 4.79 Å². The van der Waals surface area contributed by atoms with Crippen LogP contribution in [0.1, 0.15) is 31.2 Å². The van der Waals surface area contributed by atoms with Gasteiger partial charge in [-0.05, 0) is 62.4 Å². The molecule has 0 bridgehead atoms. The highest BCUT2D eigenvalue weighted by molar-refractivity contribution is 5.80. The first-order valence-electron chi connectivity index (χ1n) is 10.3. The van der Waals surface area contributed by atoms with Crippen LogP contribution in [-0.4, -0.2) is 29.6 Å². The summed E-state index contributed by atoms with van der Waals surface area (Å²) >= 11 is 0. The topological polar surface area (TPSA) is 63.2 Å². The van der Waals surface area contributed by atoms with E-state index in [1.165, 1.54) is 0 Å². The first kappa shape index (κ1) is 19.2. The third-order valence-corrected chi connectivity index (χ3v) is 5.50. The highest BCUT2D eigenvalue weighted by Gasteiger charge is 2.22. The number of hydrogen-bond acceptors (Lipinski definition) is 4. The van der Waals surface area contributed by atoms with E-state index in [9.17, 15) is 4.79 Å². The second-order valence-electron chi connectivity index (χ2n) is 7.70. The van der Waals surface area contributed by atoms with Crippen LogP contribution in [0.3, 0.4) is 0 Å². The van der Waals surface area contributed by atoms with E-state index >= 15 is 0 Å². The molecule has 5 nitrogen and oxygen atoms in total. The molecule has 0 atom stereocenters. The maximum atomic E-state index is 12.2. The lowest BCUT2D eigenvalue weighted by atomic mass is 9.91. The molecule has 1 fully saturated rings. The van der Waals surface area contributed by atoms with Crippen LogP contribution in [0.15, 0.2) is 60.7 Å². The quantitative estimate of drug-likeness (QED) is 0.653. The van der Waals surface area contributed by atoms with E-state index in [-0.39, 0.29) is 18.6 Å². The van der Waals surface area contributed by atoms with E-state index in [0.29, 0.717) is 6.04 Å². The van der Waals surface area contributed by atoms with Gasteiger partial charge in [-0.15, -0.1) is 0 Å². The molecule has 0 saturated heterocycles. The van der Waals surface area contributed by atoms with E-state index < -0.39 is 0 Å². The molecule has 3 aromatic rings. The normalized spacial score (nSPS) is 18.9. The van der Waals surface area contributed by atoms with Gasteiger partial charge in [0.05, 0.1) is 5.52 Å². The van der Waals surface area contributed by atoms with Gasteiger partial charge in [0.15, 0.2) is 6.61 Å². The van der Waals surface area contributed by atoms with Crippen LogP contribution in [0.5, 0.6) is 5.75 Å². The fraction of sp³-hybridized carbons (Fsp3) is 0.333. The lowest BCUT2D eigenvalue weighted by Gasteiger charge is -2.30. The van der Waals surface area contributed by atoms with Gasteiger partial charge >= 0.3 is 0 Å². The maximum Gasteiger partial charge on any atom is 0.258 e. The number of anilines is 1. The van der Waals surface area contributed by atoms with E-state index in [4.69, 9.17) is 9.72 Å². The number of aromatic nitrogens is 1. The predicted molar refractivity (Wildman–Crippen MR) is 116 cm³/mol. The molecule has 5 heteroatoms. The number of nitrogens with one attached hydrogen (secondary N) is 2. The zero-order chi connectivity index (χ0) is 20.1. The first-order chi connectivity index (χ1) is 14.2. The van der Waals surface area contributed by atoms with Gasteiger partial charge in [-0.2, -0.15) is 0 Å². The predicted octanol–water partition coefficient (Wildman–Crippen LogP) is 4.46. The van der Waals surface area contributed by atoms with Crippen molar-refractivity contribution in [2.75, 3.05) is 11.9 Å². The molecule has 29 heavy (non-hydrogen) atoms. The molecule has 0 aliphatic heterocycles. The number of benzene rings is 2. The zero-order valence-corrected chi connectivity index (χ0v) is 16.7. The molecular formula is C24H27N3O2. The summed E-state index contributed by atoms with van der Waals surface area (Å²) < 4.78 is 5.64. The van der Waals surface area contributed by atoms with E-state index in [0.717, 1.165) is 53.7 Å². The molecule has 0 spiro atoms. The number of pyridine rings is 1. The molecule has 1 saturated carbocycles. The van der Waals surface area contributed by atoms with E-state index in [2.05, 4.69) is 22.8 Å². The Morgan fingerprint density at radius 3 is 2.52 bits per heavy atom. The molecule has 1 heterocycles. The Hall–Kier alpha value is -3.08. The standard InChI is InChI=1S/C24H27N3O2/c1-17-6-2-5-9-22(17)29-16-24(28)26-20-13-11-19(12-14-20)25-23-15-10-18-7-3-4-8-21(18)27-23/h2-10,15,19-20H,11-14,16H2,1H3,(H,25,27)(H,26,28)/t19-,20+. The minimum absolute atomic E-state index is 0.0548. The molecule has 2 aromatic carbocycles. The Balaban J connectivity index is 1.22. The van der Waals surface area contributed by atoms with Crippen molar-refractivity contribution in [1.82, 2.24) is 10.3 Å². The Kier molecular flexibility index (Phi) is 5.94. The van der Waals surface area contributed by atoms with Crippen molar-refractivity contribution in [3.8, 4) is 5.75 Å². The van der Waals surface area contributed by atoms with Crippen LogP contribution in [0.25, 0.3) is 10.9 Å². The lowest BCUT2D eigenvalue weighted by Crippen LogP contribution is -2.42. The van der Waals surface area contributed by atoms with E-state index in [1.54, 1.807) is 0 Å². The highest BCUT2D eigenvalue weighted by atomic mass is 16.5. The number of para-hydroxylation sites is 2. The number of hydrogen-bond donors (Lipinski definition) is 2. The molecule has 1 aliphatic carbocycles. The van der Waals surface area contributed by atoms with Crippen molar-refractivity contribution in [2.45, 2.75) is 44.7 Å². The van der Waals surface area contributed by atoms with Gasteiger partial charge in [-0.1, -0.05) is 36.4 Å². The molecule has 1 aliphatic rings. The van der Waals surface area contributed by atoms with Gasteiger partial charge in [0, 0.05) is 17.5 Å². The molecule has 4 rings (SSSR count). The number of carbonyl (C=O) groups excluding carboxylic acids is 1. The third kappa shape index (κ3) is 5.05. The Bertz CT molecular complexity index is 981. The monoisotopic (exact) mass is 389 g/mol. The van der Waals surface area contributed by atoms with Gasteiger partial charge in [0.1, 0.15) is 11.6 Å². The minimum atomic E-state index is -0.0548. The molecule has 150 valence electrons. The van der Waals surface area contributed by atoms with Crippen LogP contribution < -0.4 is 15.4 Å². The maximum absolute atomic E-state index is 12.2. The van der Waals surface area contributed by atoms with Crippen molar-refractivity contribution in [3.63, 3.8) is 0 Å². The van der Waals surface area contributed by atoms with Crippen LogP contribution >= 0.6 is 0 Å². The number of rotatable bonds is 6. The molecule has 1 amide bonds. The molecule has 1 aromatic heterocycles. The number of aryl methyl sites for hydroxylation is 1. The van der Waals surface area contributed by atoms with Crippen molar-refractivity contribution in [3.05, 3.63) is 66.2 Å². The number of ether oxygens (including phenoxy) is 1. The zero-order valence-electron chi connectivity index (χ0n) is 16.7. The summed E-state index contributed by atoms with van der Waals surface area (Å²) in [6.07, 6.45) is 3.94. The summed E-state index contributed by atoms with van der Waals surface area (Å²) in [7, 11) is 0. The van der Waals surface area contributed by atoms with Crippen LogP contribution in [-0.2, 0) is 4.79 Å². The fourth-order valence-electron chi connectivity index (χ4n) is 3.87. The average Bonchev–Trinajstić information content (AvgIpc) is 2.74. The average molecular weight is 389 g/mol. The van der Waals surface area contributed by atoms with Crippen LogP contribution in [0.2, 0.25) is 0 Å². The molecular weight excluding hydrogens is 362 g/mol. The molecule has 0 radical (unpaired) electrons. The highest BCUT2D eigenvalue weighted by Crippen LogP contribution is 2.23.